The third-order valence-electron chi connectivity index (χ3n) is 4.27. The van der Waals surface area contributed by atoms with Crippen LogP contribution in [0.25, 0.3) is 16.6 Å². The number of carbonyl (C=O) groups is 2. The zero-order valence-electron chi connectivity index (χ0n) is 14.7. The number of nitrogens with one attached hydrogen (secondary N) is 2. The van der Waals surface area contributed by atoms with Crippen molar-refractivity contribution in [2.45, 2.75) is 20.0 Å². The molecule has 0 bridgehead atoms. The summed E-state index contributed by atoms with van der Waals surface area (Å²) in [5, 5.41) is 14.7. The SMILES string of the molecule is CC(=O)Nc1cccc2c1ccn2CC(=O)NCc1nnc2ccccn12. The Morgan fingerprint density at radius 2 is 1.93 bits per heavy atom. The number of fused-ring (bicyclic) bond motifs is 2. The summed E-state index contributed by atoms with van der Waals surface area (Å²) in [5.74, 6) is 0.405. The van der Waals surface area contributed by atoms with Crippen LogP contribution in [0, 0.1) is 0 Å². The molecule has 0 atom stereocenters. The highest BCUT2D eigenvalue weighted by Gasteiger charge is 2.11. The Hall–Kier alpha value is -3.68. The molecule has 1 aromatic carbocycles. The summed E-state index contributed by atoms with van der Waals surface area (Å²) in [6.07, 6.45) is 3.70. The van der Waals surface area contributed by atoms with E-state index in [1.54, 1.807) is 0 Å². The van der Waals surface area contributed by atoms with Crippen LogP contribution in [-0.2, 0) is 22.7 Å². The van der Waals surface area contributed by atoms with Crippen molar-refractivity contribution in [3.05, 3.63) is 60.7 Å². The minimum Gasteiger partial charge on any atom is -0.347 e. The normalized spacial score (nSPS) is 11.0. The lowest BCUT2D eigenvalue weighted by Gasteiger charge is -2.08. The van der Waals surface area contributed by atoms with E-state index < -0.39 is 0 Å². The van der Waals surface area contributed by atoms with Crippen LogP contribution in [0.1, 0.15) is 12.7 Å². The summed E-state index contributed by atoms with van der Waals surface area (Å²) in [7, 11) is 0. The Morgan fingerprint density at radius 1 is 1.04 bits per heavy atom. The van der Waals surface area contributed by atoms with Crippen molar-refractivity contribution in [3.63, 3.8) is 0 Å². The van der Waals surface area contributed by atoms with Gasteiger partial charge in [0.1, 0.15) is 6.54 Å². The van der Waals surface area contributed by atoms with Crippen LogP contribution in [0.5, 0.6) is 0 Å². The number of amides is 2. The van der Waals surface area contributed by atoms with Gasteiger partial charge in [-0.25, -0.2) is 0 Å². The molecule has 4 rings (SSSR count). The van der Waals surface area contributed by atoms with E-state index in [9.17, 15) is 9.59 Å². The Labute approximate surface area is 154 Å². The molecule has 0 radical (unpaired) electrons. The summed E-state index contributed by atoms with van der Waals surface area (Å²) in [5.41, 5.74) is 2.35. The van der Waals surface area contributed by atoms with Crippen molar-refractivity contribution in [1.29, 1.82) is 0 Å². The number of pyridine rings is 1. The predicted octanol–water partition coefficient (Wildman–Crippen LogP) is 1.96. The smallest absolute Gasteiger partial charge is 0.240 e. The predicted molar refractivity (Wildman–Crippen MR) is 101 cm³/mol. The van der Waals surface area contributed by atoms with Gasteiger partial charge in [0.05, 0.1) is 17.7 Å². The van der Waals surface area contributed by atoms with Gasteiger partial charge in [0.2, 0.25) is 11.8 Å². The van der Waals surface area contributed by atoms with Gasteiger partial charge in [0.15, 0.2) is 11.5 Å². The molecule has 0 fully saturated rings. The molecule has 0 aliphatic rings. The fraction of sp³-hybridized carbons (Fsp3) is 0.158. The molecule has 8 nitrogen and oxygen atoms in total. The summed E-state index contributed by atoms with van der Waals surface area (Å²) in [6.45, 7) is 1.93. The van der Waals surface area contributed by atoms with Gasteiger partial charge in [-0.15, -0.1) is 10.2 Å². The largest absolute Gasteiger partial charge is 0.347 e. The standard InChI is InChI=1S/C19H18N6O2/c1-13(26)21-15-5-4-6-16-14(15)8-10-24(16)12-19(27)20-11-18-23-22-17-7-2-3-9-25(17)18/h2-10H,11-12H2,1H3,(H,20,27)(H,21,26). The maximum absolute atomic E-state index is 12.4. The van der Waals surface area contributed by atoms with E-state index in [-0.39, 0.29) is 18.4 Å². The molecule has 0 spiro atoms. The average Bonchev–Trinajstić information content (AvgIpc) is 3.25. The maximum atomic E-state index is 12.4. The molecule has 0 aliphatic heterocycles. The lowest BCUT2D eigenvalue weighted by atomic mass is 10.2. The molecule has 0 saturated carbocycles. The molecule has 2 amide bonds. The van der Waals surface area contributed by atoms with E-state index >= 15 is 0 Å². The molecule has 4 aromatic rings. The molecule has 136 valence electrons. The summed E-state index contributed by atoms with van der Waals surface area (Å²) < 4.78 is 3.68. The van der Waals surface area contributed by atoms with Gasteiger partial charge < -0.3 is 15.2 Å². The molecule has 8 heteroatoms. The molecule has 3 heterocycles. The summed E-state index contributed by atoms with van der Waals surface area (Å²) in [4.78, 5) is 23.7. The molecule has 0 unspecified atom stereocenters. The number of carbonyl (C=O) groups excluding carboxylic acids is 2. The number of nitrogens with zero attached hydrogens (tertiary/aromatic N) is 4. The first-order chi connectivity index (χ1) is 13.1. The fourth-order valence-electron chi connectivity index (χ4n) is 3.06. The van der Waals surface area contributed by atoms with E-state index in [2.05, 4.69) is 20.8 Å². The van der Waals surface area contributed by atoms with E-state index in [1.165, 1.54) is 6.92 Å². The van der Waals surface area contributed by atoms with Crippen molar-refractivity contribution in [1.82, 2.24) is 24.5 Å². The van der Waals surface area contributed by atoms with Gasteiger partial charge in [0, 0.05) is 24.7 Å². The van der Waals surface area contributed by atoms with Gasteiger partial charge in [-0.05, 0) is 30.3 Å². The second-order valence-corrected chi connectivity index (χ2v) is 6.18. The van der Waals surface area contributed by atoms with Gasteiger partial charge in [-0.2, -0.15) is 0 Å². The lowest BCUT2D eigenvalue weighted by Crippen LogP contribution is -2.27. The van der Waals surface area contributed by atoms with E-state index in [0.717, 1.165) is 22.2 Å². The third-order valence-corrected chi connectivity index (χ3v) is 4.27. The van der Waals surface area contributed by atoms with Crippen molar-refractivity contribution in [2.75, 3.05) is 5.32 Å². The highest BCUT2D eigenvalue weighted by molar-refractivity contribution is 6.01. The molecule has 27 heavy (non-hydrogen) atoms. The summed E-state index contributed by atoms with van der Waals surface area (Å²) in [6, 6.07) is 13.1. The van der Waals surface area contributed by atoms with Crippen LogP contribution in [-0.4, -0.2) is 31.0 Å². The highest BCUT2D eigenvalue weighted by Crippen LogP contribution is 2.24. The zero-order valence-corrected chi connectivity index (χ0v) is 14.7. The Morgan fingerprint density at radius 3 is 2.78 bits per heavy atom. The Balaban J connectivity index is 1.47. The van der Waals surface area contributed by atoms with Gasteiger partial charge >= 0.3 is 0 Å². The van der Waals surface area contributed by atoms with Crippen LogP contribution < -0.4 is 10.6 Å². The minimum absolute atomic E-state index is 0.131. The molecule has 3 aromatic heterocycles. The average molecular weight is 362 g/mol. The number of rotatable bonds is 5. The van der Waals surface area contributed by atoms with Gasteiger partial charge in [-0.3, -0.25) is 14.0 Å². The van der Waals surface area contributed by atoms with Crippen molar-refractivity contribution in [3.8, 4) is 0 Å². The van der Waals surface area contributed by atoms with Crippen LogP contribution in [0.2, 0.25) is 0 Å². The summed E-state index contributed by atoms with van der Waals surface area (Å²) >= 11 is 0. The molecule has 0 saturated heterocycles. The molecular weight excluding hydrogens is 344 g/mol. The van der Waals surface area contributed by atoms with Crippen LogP contribution in [0.15, 0.2) is 54.9 Å². The molecule has 0 aliphatic carbocycles. The first-order valence-electron chi connectivity index (χ1n) is 8.52. The van der Waals surface area contributed by atoms with Gasteiger partial charge in [0.25, 0.3) is 0 Å². The zero-order chi connectivity index (χ0) is 18.8. The molecular formula is C19H18N6O2. The van der Waals surface area contributed by atoms with Crippen LogP contribution >= 0.6 is 0 Å². The van der Waals surface area contributed by atoms with Crippen LogP contribution in [0.3, 0.4) is 0 Å². The first-order valence-corrected chi connectivity index (χ1v) is 8.52. The quantitative estimate of drug-likeness (QED) is 0.567. The van der Waals surface area contributed by atoms with Crippen LogP contribution in [0.4, 0.5) is 5.69 Å². The van der Waals surface area contributed by atoms with Crippen molar-refractivity contribution in [2.24, 2.45) is 0 Å². The molecule has 2 N–H and O–H groups in total. The van der Waals surface area contributed by atoms with Gasteiger partial charge in [-0.1, -0.05) is 12.1 Å². The van der Waals surface area contributed by atoms with E-state index in [1.807, 2.05) is 63.8 Å². The monoisotopic (exact) mass is 362 g/mol. The Bertz CT molecular complexity index is 1140. The number of hydrogen-bond acceptors (Lipinski definition) is 4. The number of aromatic nitrogens is 4. The lowest BCUT2D eigenvalue weighted by molar-refractivity contribution is -0.121. The van der Waals surface area contributed by atoms with E-state index in [0.29, 0.717) is 12.4 Å². The highest BCUT2D eigenvalue weighted by atomic mass is 16.2. The first kappa shape index (κ1) is 16.8. The second-order valence-electron chi connectivity index (χ2n) is 6.18. The Kier molecular flexibility index (Phi) is 4.29. The number of hydrogen-bond donors (Lipinski definition) is 2. The third kappa shape index (κ3) is 3.37. The minimum atomic E-state index is -0.134. The number of benzene rings is 1. The fourth-order valence-corrected chi connectivity index (χ4v) is 3.06. The number of anilines is 1. The van der Waals surface area contributed by atoms with Crippen molar-refractivity contribution < 1.29 is 9.59 Å². The van der Waals surface area contributed by atoms with E-state index in [4.69, 9.17) is 0 Å². The topological polar surface area (TPSA) is 93.3 Å². The van der Waals surface area contributed by atoms with Crippen molar-refractivity contribution >= 4 is 34.1 Å². The maximum Gasteiger partial charge on any atom is 0.240 e. The second kappa shape index (κ2) is 6.91.